The van der Waals surface area contributed by atoms with Gasteiger partial charge >= 0.3 is 0 Å². The van der Waals surface area contributed by atoms with Crippen LogP contribution < -0.4 is 16.9 Å². The summed E-state index contributed by atoms with van der Waals surface area (Å²) < 4.78 is 0. The minimum Gasteiger partial charge on any atom is -0.329 e. The van der Waals surface area contributed by atoms with Crippen molar-refractivity contribution in [3.8, 4) is 0 Å². The first-order valence-corrected chi connectivity index (χ1v) is 4.00. The van der Waals surface area contributed by atoms with Crippen molar-refractivity contribution in [2.75, 3.05) is 33.7 Å². The fraction of sp³-hybridized carbons (Fsp3) is 1.00. The molecule has 0 saturated carbocycles. The highest BCUT2D eigenvalue weighted by molar-refractivity contribution is 4.32. The lowest BCUT2D eigenvalue weighted by atomic mass is 10.5. The molecule has 0 aliphatic carbocycles. The predicted molar refractivity (Wildman–Crippen MR) is 50.1 cm³/mol. The second kappa shape index (κ2) is 12.5. The quantitative estimate of drug-likeness (QED) is 0.481. The summed E-state index contributed by atoms with van der Waals surface area (Å²) in [6, 6.07) is 0. The van der Waals surface area contributed by atoms with Crippen LogP contribution in [0.1, 0.15) is 13.3 Å². The van der Waals surface area contributed by atoms with E-state index in [-0.39, 0.29) is 0 Å². The van der Waals surface area contributed by atoms with Gasteiger partial charge in [0.2, 0.25) is 0 Å². The number of hydrogen-bond donors (Lipinski definition) is 3. The lowest BCUT2D eigenvalue weighted by Gasteiger charge is -2.08. The molecule has 0 aromatic heterocycles. The fourth-order valence-corrected chi connectivity index (χ4v) is 0.335. The number of rotatable bonds is 4. The van der Waals surface area contributed by atoms with Gasteiger partial charge in [0.15, 0.2) is 0 Å². The van der Waals surface area contributed by atoms with E-state index in [1.807, 2.05) is 19.1 Å². The summed E-state index contributed by atoms with van der Waals surface area (Å²) in [7, 11) is 3.99. The van der Waals surface area contributed by atoms with E-state index in [0.717, 1.165) is 6.54 Å². The number of nitrogens with zero attached hydrogens (tertiary/aromatic N) is 1. The monoisotopic (exact) mass is 162 g/mol. The summed E-state index contributed by atoms with van der Waals surface area (Å²) in [5.74, 6) is 0. The molecule has 4 nitrogen and oxygen atoms in total. The molecule has 0 unspecified atom stereocenters. The summed E-state index contributed by atoms with van der Waals surface area (Å²) in [6.45, 7) is 4.42. The van der Waals surface area contributed by atoms with Crippen LogP contribution in [0.5, 0.6) is 0 Å². The molecule has 0 bridgehead atoms. The van der Waals surface area contributed by atoms with Crippen molar-refractivity contribution in [1.29, 1.82) is 0 Å². The summed E-state index contributed by atoms with van der Waals surface area (Å²) in [6.07, 6.45) is 1.19. The highest BCUT2D eigenvalue weighted by atomic mass is 15.5. The van der Waals surface area contributed by atoms with Crippen LogP contribution >= 0.6 is 0 Å². The molecule has 11 heavy (non-hydrogen) atoms. The summed E-state index contributed by atoms with van der Waals surface area (Å²) in [5.41, 5.74) is 12.9. The highest BCUT2D eigenvalue weighted by Crippen LogP contribution is 1.68. The van der Waals surface area contributed by atoms with E-state index >= 15 is 0 Å². The van der Waals surface area contributed by atoms with E-state index in [2.05, 4.69) is 12.3 Å². The second-order valence-corrected chi connectivity index (χ2v) is 2.38. The fourth-order valence-electron chi connectivity index (χ4n) is 0.335. The maximum atomic E-state index is 4.90. The molecular weight excluding hydrogens is 140 g/mol. The van der Waals surface area contributed by atoms with E-state index in [9.17, 15) is 0 Å². The minimum absolute atomic E-state index is 0.597. The van der Waals surface area contributed by atoms with Crippen molar-refractivity contribution in [3.05, 3.63) is 0 Å². The topological polar surface area (TPSA) is 67.3 Å². The molecule has 5 N–H and O–H groups in total. The van der Waals surface area contributed by atoms with E-state index < -0.39 is 0 Å². The van der Waals surface area contributed by atoms with Crippen molar-refractivity contribution >= 4 is 0 Å². The van der Waals surface area contributed by atoms with Crippen LogP contribution in [0.15, 0.2) is 0 Å². The first-order chi connectivity index (χ1) is 5.18. The Morgan fingerprint density at radius 2 is 1.64 bits per heavy atom. The summed E-state index contributed by atoms with van der Waals surface area (Å²) >= 11 is 0. The standard InChI is InChI=1S/C5H14N2.C2H8N2/c1-4-5-6-7(2)3;3-1-2-4/h6H,4-5H2,1-3H3;1-4H2. The van der Waals surface area contributed by atoms with Gasteiger partial charge in [-0.25, -0.2) is 0 Å². The largest absolute Gasteiger partial charge is 0.329 e. The van der Waals surface area contributed by atoms with Gasteiger partial charge in [0.05, 0.1) is 0 Å². The molecule has 0 saturated heterocycles. The van der Waals surface area contributed by atoms with Crippen LogP contribution in [0, 0.1) is 0 Å². The van der Waals surface area contributed by atoms with Gasteiger partial charge in [-0.3, -0.25) is 10.4 Å². The Morgan fingerprint density at radius 1 is 1.18 bits per heavy atom. The molecule has 0 spiro atoms. The molecule has 0 aliphatic heterocycles. The Morgan fingerprint density at radius 3 is 1.73 bits per heavy atom. The third-order valence-electron chi connectivity index (χ3n) is 0.845. The van der Waals surface area contributed by atoms with Crippen molar-refractivity contribution in [1.82, 2.24) is 10.4 Å². The first kappa shape index (κ1) is 13.4. The molecular formula is C7H22N4. The van der Waals surface area contributed by atoms with Crippen molar-refractivity contribution < 1.29 is 0 Å². The van der Waals surface area contributed by atoms with Gasteiger partial charge in [-0.1, -0.05) is 6.92 Å². The molecule has 0 aromatic rings. The molecule has 0 amide bonds. The van der Waals surface area contributed by atoms with Gasteiger partial charge in [0, 0.05) is 33.7 Å². The normalized spacial score (nSPS) is 9.27. The Labute approximate surface area is 69.9 Å². The van der Waals surface area contributed by atoms with Gasteiger partial charge < -0.3 is 11.5 Å². The van der Waals surface area contributed by atoms with Crippen LogP contribution in [0.3, 0.4) is 0 Å². The third-order valence-corrected chi connectivity index (χ3v) is 0.845. The molecule has 0 aliphatic rings. The maximum absolute atomic E-state index is 4.90. The zero-order valence-electron chi connectivity index (χ0n) is 7.93. The average Bonchev–Trinajstić information content (AvgIpc) is 2.01. The number of nitrogens with two attached hydrogens (primary N) is 2. The highest BCUT2D eigenvalue weighted by Gasteiger charge is 1.80. The van der Waals surface area contributed by atoms with Crippen LogP contribution in [0.4, 0.5) is 0 Å². The van der Waals surface area contributed by atoms with Crippen molar-refractivity contribution in [2.45, 2.75) is 13.3 Å². The zero-order valence-corrected chi connectivity index (χ0v) is 7.93. The smallest absolute Gasteiger partial charge is 0.00993 e. The average molecular weight is 162 g/mol. The molecule has 0 radical (unpaired) electrons. The molecule has 0 rings (SSSR count). The van der Waals surface area contributed by atoms with Crippen LogP contribution in [-0.4, -0.2) is 38.7 Å². The van der Waals surface area contributed by atoms with Crippen LogP contribution in [0.2, 0.25) is 0 Å². The molecule has 4 heteroatoms. The van der Waals surface area contributed by atoms with Gasteiger partial charge in [-0.15, -0.1) is 0 Å². The summed E-state index contributed by atoms with van der Waals surface area (Å²) in [4.78, 5) is 0. The van der Waals surface area contributed by atoms with E-state index in [4.69, 9.17) is 11.5 Å². The summed E-state index contributed by atoms with van der Waals surface area (Å²) in [5, 5.41) is 1.96. The zero-order chi connectivity index (χ0) is 9.11. The lowest BCUT2D eigenvalue weighted by molar-refractivity contribution is 0.291. The Balaban J connectivity index is 0. The minimum atomic E-state index is 0.597. The van der Waals surface area contributed by atoms with E-state index in [1.165, 1.54) is 6.42 Å². The first-order valence-electron chi connectivity index (χ1n) is 4.00. The predicted octanol–water partition coefficient (Wildman–Crippen LogP) is -0.634. The number of hydrazine groups is 1. The van der Waals surface area contributed by atoms with Gasteiger partial charge in [0.1, 0.15) is 0 Å². The van der Waals surface area contributed by atoms with Crippen LogP contribution in [0.25, 0.3) is 0 Å². The number of hydrogen-bond acceptors (Lipinski definition) is 4. The Bertz CT molecular complexity index is 54.4. The van der Waals surface area contributed by atoms with Crippen molar-refractivity contribution in [3.63, 3.8) is 0 Å². The molecule has 0 fully saturated rings. The van der Waals surface area contributed by atoms with Gasteiger partial charge in [0.25, 0.3) is 0 Å². The third kappa shape index (κ3) is 25.8. The van der Waals surface area contributed by atoms with E-state index in [1.54, 1.807) is 0 Å². The maximum Gasteiger partial charge on any atom is 0.00993 e. The lowest BCUT2D eigenvalue weighted by Crippen LogP contribution is -2.30. The van der Waals surface area contributed by atoms with Crippen molar-refractivity contribution in [2.24, 2.45) is 11.5 Å². The van der Waals surface area contributed by atoms with Gasteiger partial charge in [-0.05, 0) is 6.42 Å². The SMILES string of the molecule is CCCNN(C)C.NCCN. The molecule has 70 valence electrons. The number of nitrogens with one attached hydrogen (secondary N) is 1. The molecule has 0 aromatic carbocycles. The second-order valence-electron chi connectivity index (χ2n) is 2.38. The Hall–Kier alpha value is -0.160. The van der Waals surface area contributed by atoms with E-state index in [0.29, 0.717) is 13.1 Å². The molecule has 0 heterocycles. The van der Waals surface area contributed by atoms with Crippen LogP contribution in [-0.2, 0) is 0 Å². The van der Waals surface area contributed by atoms with Gasteiger partial charge in [-0.2, -0.15) is 0 Å². The molecule has 0 atom stereocenters. The Kier molecular flexibility index (Phi) is 15.3.